The van der Waals surface area contributed by atoms with E-state index in [1.54, 1.807) is 13.2 Å². The van der Waals surface area contributed by atoms with Crippen molar-refractivity contribution in [3.63, 3.8) is 0 Å². The number of halogens is 1. The lowest BCUT2D eigenvalue weighted by Gasteiger charge is -2.24. The number of hydrogen-bond acceptors (Lipinski definition) is 4. The summed E-state index contributed by atoms with van der Waals surface area (Å²) >= 11 is 5.94. The molecule has 0 amide bonds. The molecule has 3 N–H and O–H groups in total. The van der Waals surface area contributed by atoms with Crippen LogP contribution in [0.4, 0.5) is 0 Å². The predicted molar refractivity (Wildman–Crippen MR) is 84.8 cm³/mol. The summed E-state index contributed by atoms with van der Waals surface area (Å²) in [6.45, 7) is 5.09. The number of benzene rings is 1. The minimum Gasteiger partial charge on any atom is -0.385 e. The van der Waals surface area contributed by atoms with E-state index in [9.17, 15) is 8.42 Å². The van der Waals surface area contributed by atoms with Gasteiger partial charge in [-0.2, -0.15) is 0 Å². The van der Waals surface area contributed by atoms with Crippen LogP contribution in [0.3, 0.4) is 0 Å². The van der Waals surface area contributed by atoms with E-state index >= 15 is 0 Å². The average Bonchev–Trinajstić information content (AvgIpc) is 2.44. The molecule has 0 saturated carbocycles. The maximum atomic E-state index is 12.3. The van der Waals surface area contributed by atoms with E-state index in [4.69, 9.17) is 22.1 Å². The molecule has 0 atom stereocenters. The molecule has 0 spiro atoms. The Kier molecular flexibility index (Phi) is 6.62. The Morgan fingerprint density at radius 2 is 2.05 bits per heavy atom. The average molecular weight is 335 g/mol. The standard InChI is InChI=1S/C14H23ClN2O3S/c1-14(2,6-7-20-3)10-17-21(18,19)12-4-5-13(15)11(8-12)9-16/h4-5,8,17H,6-7,9-10,16H2,1-3H3. The Bertz CT molecular complexity index is 574. The topological polar surface area (TPSA) is 81.4 Å². The molecule has 0 bridgehead atoms. The molecule has 0 aliphatic rings. The van der Waals surface area contributed by atoms with Crippen molar-refractivity contribution in [1.82, 2.24) is 4.72 Å². The first-order chi connectivity index (χ1) is 9.72. The Hall–Kier alpha value is -0.660. The van der Waals surface area contributed by atoms with E-state index in [2.05, 4.69) is 4.72 Å². The molecular formula is C14H23ClN2O3S. The lowest BCUT2D eigenvalue weighted by atomic mass is 9.90. The van der Waals surface area contributed by atoms with Gasteiger partial charge in [0.1, 0.15) is 0 Å². The van der Waals surface area contributed by atoms with E-state index in [1.807, 2.05) is 13.8 Å². The molecular weight excluding hydrogens is 312 g/mol. The van der Waals surface area contributed by atoms with Crippen molar-refractivity contribution < 1.29 is 13.2 Å². The van der Waals surface area contributed by atoms with Crippen LogP contribution in [0.1, 0.15) is 25.8 Å². The lowest BCUT2D eigenvalue weighted by Crippen LogP contribution is -2.34. The van der Waals surface area contributed by atoms with Gasteiger partial charge in [0.2, 0.25) is 10.0 Å². The predicted octanol–water partition coefficient (Wildman–Crippen LogP) is 2.14. The molecule has 5 nitrogen and oxygen atoms in total. The van der Waals surface area contributed by atoms with Gasteiger partial charge in [0.25, 0.3) is 0 Å². The summed E-state index contributed by atoms with van der Waals surface area (Å²) in [7, 11) is -1.95. The third kappa shape index (κ3) is 5.56. The Morgan fingerprint density at radius 3 is 2.62 bits per heavy atom. The molecule has 1 aromatic rings. The number of sulfonamides is 1. The van der Waals surface area contributed by atoms with Crippen LogP contribution < -0.4 is 10.5 Å². The fourth-order valence-electron chi connectivity index (χ4n) is 1.72. The second-order valence-corrected chi connectivity index (χ2v) is 7.86. The van der Waals surface area contributed by atoms with Crippen LogP contribution in [-0.4, -0.2) is 28.7 Å². The molecule has 120 valence electrons. The summed E-state index contributed by atoms with van der Waals surface area (Å²) in [6.07, 6.45) is 0.765. The maximum Gasteiger partial charge on any atom is 0.240 e. The number of nitrogens with one attached hydrogen (secondary N) is 1. The van der Waals surface area contributed by atoms with Gasteiger partial charge in [0.05, 0.1) is 4.90 Å². The highest BCUT2D eigenvalue weighted by atomic mass is 35.5. The van der Waals surface area contributed by atoms with Crippen LogP contribution in [0, 0.1) is 5.41 Å². The van der Waals surface area contributed by atoms with E-state index in [-0.39, 0.29) is 16.9 Å². The normalized spacial score (nSPS) is 12.6. The van der Waals surface area contributed by atoms with Crippen LogP contribution in [0.2, 0.25) is 5.02 Å². The molecule has 1 rings (SSSR count). The fourth-order valence-corrected chi connectivity index (χ4v) is 3.20. The fraction of sp³-hybridized carbons (Fsp3) is 0.571. The van der Waals surface area contributed by atoms with Crippen LogP contribution in [0.15, 0.2) is 23.1 Å². The zero-order valence-electron chi connectivity index (χ0n) is 12.6. The molecule has 1 aromatic carbocycles. The van der Waals surface area contributed by atoms with E-state index < -0.39 is 10.0 Å². The third-order valence-electron chi connectivity index (χ3n) is 3.27. The van der Waals surface area contributed by atoms with Crippen molar-refractivity contribution in [2.75, 3.05) is 20.3 Å². The number of ether oxygens (including phenoxy) is 1. The van der Waals surface area contributed by atoms with Gasteiger partial charge in [-0.3, -0.25) is 0 Å². The number of nitrogens with two attached hydrogens (primary N) is 1. The van der Waals surface area contributed by atoms with E-state index in [0.29, 0.717) is 23.7 Å². The first-order valence-electron chi connectivity index (χ1n) is 6.69. The summed E-state index contributed by atoms with van der Waals surface area (Å²) in [5.74, 6) is 0. The van der Waals surface area contributed by atoms with Crippen LogP contribution >= 0.6 is 11.6 Å². The van der Waals surface area contributed by atoms with Gasteiger partial charge >= 0.3 is 0 Å². The second kappa shape index (κ2) is 7.56. The Balaban J connectivity index is 2.82. The summed E-state index contributed by atoms with van der Waals surface area (Å²) in [6, 6.07) is 4.53. The number of hydrogen-bond donors (Lipinski definition) is 2. The molecule has 7 heteroatoms. The first kappa shape index (κ1) is 18.4. The lowest BCUT2D eigenvalue weighted by molar-refractivity contribution is 0.153. The highest BCUT2D eigenvalue weighted by Gasteiger charge is 2.22. The molecule has 0 aliphatic carbocycles. The molecule has 0 radical (unpaired) electrons. The van der Waals surface area contributed by atoms with E-state index in [0.717, 1.165) is 6.42 Å². The maximum absolute atomic E-state index is 12.3. The first-order valence-corrected chi connectivity index (χ1v) is 8.55. The molecule has 21 heavy (non-hydrogen) atoms. The van der Waals surface area contributed by atoms with Gasteiger partial charge in [-0.1, -0.05) is 25.4 Å². The van der Waals surface area contributed by atoms with Crippen molar-refractivity contribution in [2.45, 2.75) is 31.7 Å². The summed E-state index contributed by atoms with van der Waals surface area (Å²) in [5.41, 5.74) is 5.97. The highest BCUT2D eigenvalue weighted by Crippen LogP contribution is 2.22. The molecule has 0 heterocycles. The largest absolute Gasteiger partial charge is 0.385 e. The minimum absolute atomic E-state index is 0.176. The molecule has 0 unspecified atom stereocenters. The molecule has 0 aromatic heterocycles. The minimum atomic E-state index is -3.57. The van der Waals surface area contributed by atoms with Gasteiger partial charge in [0.15, 0.2) is 0 Å². The van der Waals surface area contributed by atoms with Gasteiger partial charge < -0.3 is 10.5 Å². The van der Waals surface area contributed by atoms with Crippen molar-refractivity contribution in [3.05, 3.63) is 28.8 Å². The summed E-state index contributed by atoms with van der Waals surface area (Å²) in [4.78, 5) is 0.176. The quantitative estimate of drug-likeness (QED) is 0.763. The zero-order chi connectivity index (χ0) is 16.1. The van der Waals surface area contributed by atoms with Crippen molar-refractivity contribution in [3.8, 4) is 0 Å². The van der Waals surface area contributed by atoms with Gasteiger partial charge in [-0.15, -0.1) is 0 Å². The van der Waals surface area contributed by atoms with Crippen molar-refractivity contribution >= 4 is 21.6 Å². The summed E-state index contributed by atoms with van der Waals surface area (Å²) in [5, 5.41) is 0.469. The van der Waals surface area contributed by atoms with Crippen molar-refractivity contribution in [1.29, 1.82) is 0 Å². The monoisotopic (exact) mass is 334 g/mol. The third-order valence-corrected chi connectivity index (χ3v) is 5.04. The molecule has 0 fully saturated rings. The Morgan fingerprint density at radius 1 is 1.38 bits per heavy atom. The molecule has 0 saturated heterocycles. The smallest absolute Gasteiger partial charge is 0.240 e. The highest BCUT2D eigenvalue weighted by molar-refractivity contribution is 7.89. The summed E-state index contributed by atoms with van der Waals surface area (Å²) < 4.78 is 32.3. The number of rotatable bonds is 8. The van der Waals surface area contributed by atoms with Crippen LogP contribution in [-0.2, 0) is 21.3 Å². The van der Waals surface area contributed by atoms with Gasteiger partial charge in [0, 0.05) is 31.8 Å². The van der Waals surface area contributed by atoms with E-state index in [1.165, 1.54) is 12.1 Å². The second-order valence-electron chi connectivity index (χ2n) is 5.69. The van der Waals surface area contributed by atoms with Gasteiger partial charge in [-0.25, -0.2) is 13.1 Å². The zero-order valence-corrected chi connectivity index (χ0v) is 14.2. The van der Waals surface area contributed by atoms with Crippen LogP contribution in [0.5, 0.6) is 0 Å². The van der Waals surface area contributed by atoms with Crippen molar-refractivity contribution in [2.24, 2.45) is 11.1 Å². The van der Waals surface area contributed by atoms with Crippen LogP contribution in [0.25, 0.3) is 0 Å². The van der Waals surface area contributed by atoms with Gasteiger partial charge in [-0.05, 0) is 35.6 Å². The number of methoxy groups -OCH3 is 1. The Labute approximate surface area is 131 Å². The SMILES string of the molecule is COCCC(C)(C)CNS(=O)(=O)c1ccc(Cl)c(CN)c1. The molecule has 0 aliphatic heterocycles.